The number of rotatable bonds is 5. The molecule has 2 rings (SSSR count). The second-order valence-electron chi connectivity index (χ2n) is 4.31. The highest BCUT2D eigenvalue weighted by Crippen LogP contribution is 2.21. The molecule has 0 saturated heterocycles. The van der Waals surface area contributed by atoms with Crippen LogP contribution >= 0.6 is 11.3 Å². The highest BCUT2D eigenvalue weighted by atomic mass is 32.2. The van der Waals surface area contributed by atoms with Crippen molar-refractivity contribution in [2.45, 2.75) is 25.3 Å². The minimum atomic E-state index is -3.55. The van der Waals surface area contributed by atoms with Crippen molar-refractivity contribution in [1.29, 1.82) is 0 Å². The second-order valence-corrected chi connectivity index (χ2v) is 7.11. The number of sulfonamides is 1. The van der Waals surface area contributed by atoms with Gasteiger partial charge in [-0.1, -0.05) is 0 Å². The number of nitrogens with one attached hydrogen (secondary N) is 1. The van der Waals surface area contributed by atoms with Crippen molar-refractivity contribution in [2.24, 2.45) is 0 Å². The van der Waals surface area contributed by atoms with Crippen molar-refractivity contribution in [3.8, 4) is 5.75 Å². The van der Waals surface area contributed by atoms with Gasteiger partial charge < -0.3 is 4.74 Å². The third kappa shape index (κ3) is 3.36. The summed E-state index contributed by atoms with van der Waals surface area (Å²) in [5.74, 6) is 0.636. The normalized spacial score (nSPS) is 11.6. The third-order valence-electron chi connectivity index (χ3n) is 2.78. The van der Waals surface area contributed by atoms with E-state index < -0.39 is 10.0 Å². The van der Waals surface area contributed by atoms with Gasteiger partial charge in [-0.05, 0) is 37.6 Å². The minimum absolute atomic E-state index is 0.193. The fourth-order valence-corrected chi connectivity index (χ4v) is 3.62. The van der Waals surface area contributed by atoms with E-state index in [0.717, 1.165) is 10.7 Å². The summed E-state index contributed by atoms with van der Waals surface area (Å²) in [6.45, 7) is 3.82. The fraction of sp³-hybridized carbons (Fsp3) is 0.308. The molecule has 0 atom stereocenters. The molecular weight excluding hydrogens is 296 g/mol. The Balaban J connectivity index is 2.18. The molecule has 0 fully saturated rings. The van der Waals surface area contributed by atoms with Crippen molar-refractivity contribution in [3.05, 3.63) is 39.8 Å². The van der Waals surface area contributed by atoms with Crippen molar-refractivity contribution >= 4 is 21.4 Å². The van der Waals surface area contributed by atoms with Gasteiger partial charge in [-0.15, -0.1) is 11.3 Å². The Morgan fingerprint density at radius 3 is 2.65 bits per heavy atom. The van der Waals surface area contributed by atoms with Gasteiger partial charge >= 0.3 is 0 Å². The lowest BCUT2D eigenvalue weighted by Gasteiger charge is -2.09. The fourth-order valence-electron chi connectivity index (χ4n) is 1.79. The number of hydrogen-bond donors (Lipinski definition) is 1. The molecular formula is C13H16N2O3S2. The second kappa shape index (κ2) is 5.90. The first kappa shape index (κ1) is 15.0. The van der Waals surface area contributed by atoms with Crippen LogP contribution in [0.25, 0.3) is 0 Å². The molecule has 0 amide bonds. The summed E-state index contributed by atoms with van der Waals surface area (Å²) in [7, 11) is -2.00. The number of aryl methyl sites for hydroxylation is 2. The standard InChI is InChI=1S/C13H16N2O3S2/c1-9-6-12(18-3)4-5-13(9)20(16,17)14-7-11-8-19-10(2)15-11/h4-6,8,14H,7H2,1-3H3. The summed E-state index contributed by atoms with van der Waals surface area (Å²) in [6, 6.07) is 4.87. The molecule has 0 saturated carbocycles. The molecule has 0 radical (unpaired) electrons. The van der Waals surface area contributed by atoms with E-state index in [1.54, 1.807) is 32.2 Å². The maximum Gasteiger partial charge on any atom is 0.241 e. The van der Waals surface area contributed by atoms with Crippen LogP contribution in [0.5, 0.6) is 5.75 Å². The van der Waals surface area contributed by atoms with E-state index in [0.29, 0.717) is 11.3 Å². The van der Waals surface area contributed by atoms with Crippen LogP contribution in [0.1, 0.15) is 16.3 Å². The van der Waals surface area contributed by atoms with Gasteiger partial charge in [0.2, 0.25) is 10.0 Å². The summed E-state index contributed by atoms with van der Waals surface area (Å²) in [5.41, 5.74) is 1.37. The van der Waals surface area contributed by atoms with Gasteiger partial charge in [-0.2, -0.15) is 0 Å². The van der Waals surface area contributed by atoms with E-state index >= 15 is 0 Å². The van der Waals surface area contributed by atoms with Gasteiger partial charge in [0.15, 0.2) is 0 Å². The van der Waals surface area contributed by atoms with Crippen LogP contribution < -0.4 is 9.46 Å². The van der Waals surface area contributed by atoms with E-state index in [1.807, 2.05) is 12.3 Å². The zero-order valence-electron chi connectivity index (χ0n) is 11.5. The lowest BCUT2D eigenvalue weighted by molar-refractivity contribution is 0.414. The highest BCUT2D eigenvalue weighted by Gasteiger charge is 2.17. The summed E-state index contributed by atoms with van der Waals surface area (Å²) in [6.07, 6.45) is 0. The lowest BCUT2D eigenvalue weighted by atomic mass is 10.2. The third-order valence-corrected chi connectivity index (χ3v) is 5.17. The Morgan fingerprint density at radius 1 is 1.35 bits per heavy atom. The van der Waals surface area contributed by atoms with Crippen LogP contribution in [0, 0.1) is 13.8 Å². The smallest absolute Gasteiger partial charge is 0.241 e. The van der Waals surface area contributed by atoms with Crippen molar-refractivity contribution in [3.63, 3.8) is 0 Å². The Morgan fingerprint density at radius 2 is 2.10 bits per heavy atom. The molecule has 7 heteroatoms. The van der Waals surface area contributed by atoms with Crippen molar-refractivity contribution in [2.75, 3.05) is 7.11 Å². The minimum Gasteiger partial charge on any atom is -0.497 e. The molecule has 1 aromatic carbocycles. The molecule has 0 unspecified atom stereocenters. The van der Waals surface area contributed by atoms with E-state index in [9.17, 15) is 8.42 Å². The Labute approximate surface area is 122 Å². The maximum atomic E-state index is 12.3. The van der Waals surface area contributed by atoms with Gasteiger partial charge in [0, 0.05) is 5.38 Å². The molecule has 0 spiro atoms. The first-order valence-corrected chi connectivity index (χ1v) is 8.34. The Kier molecular flexibility index (Phi) is 4.42. The van der Waals surface area contributed by atoms with Gasteiger partial charge in [-0.25, -0.2) is 18.1 Å². The van der Waals surface area contributed by atoms with Crippen LogP contribution in [-0.2, 0) is 16.6 Å². The molecule has 1 heterocycles. The highest BCUT2D eigenvalue weighted by molar-refractivity contribution is 7.89. The predicted molar refractivity (Wildman–Crippen MR) is 78.6 cm³/mol. The van der Waals surface area contributed by atoms with Crippen LogP contribution in [-0.4, -0.2) is 20.5 Å². The van der Waals surface area contributed by atoms with Crippen LogP contribution in [0.4, 0.5) is 0 Å². The van der Waals surface area contributed by atoms with Crippen molar-refractivity contribution < 1.29 is 13.2 Å². The van der Waals surface area contributed by atoms with Gasteiger partial charge in [-0.3, -0.25) is 0 Å². The number of nitrogens with zero attached hydrogens (tertiary/aromatic N) is 1. The first-order chi connectivity index (χ1) is 9.42. The summed E-state index contributed by atoms with van der Waals surface area (Å²) >= 11 is 1.50. The maximum absolute atomic E-state index is 12.3. The SMILES string of the molecule is COc1ccc(S(=O)(=O)NCc2csc(C)n2)c(C)c1. The topological polar surface area (TPSA) is 68.3 Å². The predicted octanol–water partition coefficient (Wildman–Crippen LogP) is 2.25. The molecule has 5 nitrogen and oxygen atoms in total. The number of thiazole rings is 1. The van der Waals surface area contributed by atoms with Gasteiger partial charge in [0.1, 0.15) is 5.75 Å². The van der Waals surface area contributed by atoms with Gasteiger partial charge in [0.25, 0.3) is 0 Å². The molecule has 0 aliphatic rings. The molecule has 0 aliphatic heterocycles. The summed E-state index contributed by atoms with van der Waals surface area (Å²) in [5, 5.41) is 2.76. The molecule has 108 valence electrons. The number of hydrogen-bond acceptors (Lipinski definition) is 5. The number of ether oxygens (including phenoxy) is 1. The largest absolute Gasteiger partial charge is 0.497 e. The van der Waals surface area contributed by atoms with Crippen LogP contribution in [0.3, 0.4) is 0 Å². The van der Waals surface area contributed by atoms with E-state index in [4.69, 9.17) is 4.74 Å². The quantitative estimate of drug-likeness (QED) is 0.919. The molecule has 1 aromatic heterocycles. The van der Waals surface area contributed by atoms with Crippen molar-refractivity contribution in [1.82, 2.24) is 9.71 Å². The average molecular weight is 312 g/mol. The number of aromatic nitrogens is 1. The monoisotopic (exact) mass is 312 g/mol. The molecule has 2 aromatic rings. The Hall–Kier alpha value is -1.44. The van der Waals surface area contributed by atoms with Crippen LogP contribution in [0.15, 0.2) is 28.5 Å². The molecule has 0 bridgehead atoms. The van der Waals surface area contributed by atoms with E-state index in [2.05, 4.69) is 9.71 Å². The molecule has 20 heavy (non-hydrogen) atoms. The zero-order valence-corrected chi connectivity index (χ0v) is 13.1. The Bertz CT molecular complexity index is 708. The average Bonchev–Trinajstić information content (AvgIpc) is 2.82. The lowest BCUT2D eigenvalue weighted by Crippen LogP contribution is -2.24. The van der Waals surface area contributed by atoms with E-state index in [1.165, 1.54) is 11.3 Å². The van der Waals surface area contributed by atoms with Gasteiger partial charge in [0.05, 0.1) is 29.3 Å². The summed E-state index contributed by atoms with van der Waals surface area (Å²) < 4.78 is 32.1. The zero-order chi connectivity index (χ0) is 14.8. The number of methoxy groups -OCH3 is 1. The summed E-state index contributed by atoms with van der Waals surface area (Å²) in [4.78, 5) is 4.48. The van der Waals surface area contributed by atoms with Crippen LogP contribution in [0.2, 0.25) is 0 Å². The number of benzene rings is 1. The molecule has 1 N–H and O–H groups in total. The molecule has 0 aliphatic carbocycles. The first-order valence-electron chi connectivity index (χ1n) is 5.97. The van der Waals surface area contributed by atoms with E-state index in [-0.39, 0.29) is 11.4 Å².